The molecule has 0 amide bonds. The van der Waals surface area contributed by atoms with Crippen molar-refractivity contribution in [3.63, 3.8) is 0 Å². The molecule has 0 bridgehead atoms. The van der Waals surface area contributed by atoms with Crippen LogP contribution in [0.5, 0.6) is 0 Å². The molecule has 15 heavy (non-hydrogen) atoms. The van der Waals surface area contributed by atoms with Crippen LogP contribution in [0.4, 0.5) is 0 Å². The summed E-state index contributed by atoms with van der Waals surface area (Å²) >= 11 is 0. The van der Waals surface area contributed by atoms with Crippen LogP contribution in [0.3, 0.4) is 0 Å². The van der Waals surface area contributed by atoms with E-state index in [-0.39, 0.29) is 0 Å². The van der Waals surface area contributed by atoms with Gasteiger partial charge in [-0.05, 0) is 31.8 Å². The third-order valence-electron chi connectivity index (χ3n) is 2.44. The molecule has 84 valence electrons. The molecular formula is C12H21N3. The van der Waals surface area contributed by atoms with Crippen LogP contribution in [-0.2, 0) is 13.1 Å². The molecule has 1 rings (SSSR count). The van der Waals surface area contributed by atoms with E-state index in [1.807, 2.05) is 6.20 Å². The van der Waals surface area contributed by atoms with Crippen LogP contribution >= 0.6 is 0 Å². The molecule has 3 nitrogen and oxygen atoms in total. The average Bonchev–Trinajstić information content (AvgIpc) is 2.28. The zero-order valence-corrected chi connectivity index (χ0v) is 9.95. The maximum absolute atomic E-state index is 4.44. The van der Waals surface area contributed by atoms with Crippen LogP contribution < -0.4 is 5.32 Å². The van der Waals surface area contributed by atoms with Crippen molar-refractivity contribution in [1.29, 1.82) is 0 Å². The third-order valence-corrected chi connectivity index (χ3v) is 2.44. The first-order valence-corrected chi connectivity index (χ1v) is 5.59. The molecule has 0 saturated heterocycles. The van der Waals surface area contributed by atoms with E-state index in [4.69, 9.17) is 0 Å². The molecule has 0 atom stereocenters. The Bertz CT molecular complexity index is 269. The minimum atomic E-state index is 0.910. The van der Waals surface area contributed by atoms with Crippen LogP contribution in [-0.4, -0.2) is 30.0 Å². The van der Waals surface area contributed by atoms with Gasteiger partial charge in [0.15, 0.2) is 0 Å². The van der Waals surface area contributed by atoms with Gasteiger partial charge < -0.3 is 10.2 Å². The summed E-state index contributed by atoms with van der Waals surface area (Å²) in [4.78, 5) is 6.68. The maximum Gasteiger partial charge on any atom is 0.0544 e. The molecule has 0 aromatic carbocycles. The van der Waals surface area contributed by atoms with Crippen LogP contribution in [0, 0.1) is 0 Å². The third kappa shape index (κ3) is 4.40. The van der Waals surface area contributed by atoms with Gasteiger partial charge in [0.1, 0.15) is 0 Å². The molecule has 0 fully saturated rings. The predicted octanol–water partition coefficient (Wildman–Crippen LogP) is 1.64. The lowest BCUT2D eigenvalue weighted by atomic mass is 10.2. The molecular weight excluding hydrogens is 186 g/mol. The zero-order chi connectivity index (χ0) is 11.1. The molecule has 0 aliphatic rings. The van der Waals surface area contributed by atoms with Gasteiger partial charge in [0.05, 0.1) is 5.69 Å². The summed E-state index contributed by atoms with van der Waals surface area (Å²) in [5.41, 5.74) is 2.39. The molecule has 1 N–H and O–H groups in total. The molecule has 0 saturated carbocycles. The Kier molecular flexibility index (Phi) is 5.29. The molecule has 1 heterocycles. The highest BCUT2D eigenvalue weighted by molar-refractivity contribution is 5.13. The molecule has 0 aliphatic carbocycles. The van der Waals surface area contributed by atoms with Crippen molar-refractivity contribution in [2.45, 2.75) is 26.9 Å². The molecule has 3 heteroatoms. The fraction of sp³-hybridized carbons (Fsp3) is 0.583. The van der Waals surface area contributed by atoms with Gasteiger partial charge in [-0.2, -0.15) is 0 Å². The Hall–Kier alpha value is -0.930. The lowest BCUT2D eigenvalue weighted by molar-refractivity contribution is 0.341. The SMILES string of the molecule is CCNCc1ccc(CN(C)CC)nc1. The fourth-order valence-corrected chi connectivity index (χ4v) is 1.31. The first kappa shape index (κ1) is 12.1. The molecule has 0 unspecified atom stereocenters. The second kappa shape index (κ2) is 6.53. The smallest absolute Gasteiger partial charge is 0.0544 e. The van der Waals surface area contributed by atoms with E-state index in [0.717, 1.165) is 31.9 Å². The maximum atomic E-state index is 4.44. The van der Waals surface area contributed by atoms with E-state index in [9.17, 15) is 0 Å². The van der Waals surface area contributed by atoms with Crippen LogP contribution in [0.25, 0.3) is 0 Å². The second-order valence-corrected chi connectivity index (χ2v) is 3.77. The Morgan fingerprint density at radius 1 is 1.33 bits per heavy atom. The first-order valence-electron chi connectivity index (χ1n) is 5.59. The standard InChI is InChI=1S/C12H21N3/c1-4-13-8-11-6-7-12(14-9-11)10-15(3)5-2/h6-7,9,13H,4-5,8,10H2,1-3H3. The van der Waals surface area contributed by atoms with E-state index < -0.39 is 0 Å². The number of aromatic nitrogens is 1. The number of rotatable bonds is 6. The van der Waals surface area contributed by atoms with Crippen molar-refractivity contribution in [3.8, 4) is 0 Å². The largest absolute Gasteiger partial charge is 0.313 e. The van der Waals surface area contributed by atoms with Crippen LogP contribution in [0.15, 0.2) is 18.3 Å². The van der Waals surface area contributed by atoms with Crippen molar-refractivity contribution >= 4 is 0 Å². The highest BCUT2D eigenvalue weighted by Gasteiger charge is 1.99. The quantitative estimate of drug-likeness (QED) is 0.768. The number of nitrogens with zero attached hydrogens (tertiary/aromatic N) is 2. The normalized spacial score (nSPS) is 10.9. The first-order chi connectivity index (χ1) is 7.26. The number of nitrogens with one attached hydrogen (secondary N) is 1. The topological polar surface area (TPSA) is 28.2 Å². The molecule has 0 radical (unpaired) electrons. The van der Waals surface area contributed by atoms with Crippen LogP contribution in [0.2, 0.25) is 0 Å². The van der Waals surface area contributed by atoms with Crippen molar-refractivity contribution < 1.29 is 0 Å². The van der Waals surface area contributed by atoms with Gasteiger partial charge in [-0.25, -0.2) is 0 Å². The molecule has 0 spiro atoms. The monoisotopic (exact) mass is 207 g/mol. The Labute approximate surface area is 92.5 Å². The number of hydrogen-bond acceptors (Lipinski definition) is 3. The van der Waals surface area contributed by atoms with Crippen molar-refractivity contribution in [2.24, 2.45) is 0 Å². The number of pyridine rings is 1. The minimum absolute atomic E-state index is 0.910. The summed E-state index contributed by atoms with van der Waals surface area (Å²) < 4.78 is 0. The predicted molar refractivity (Wildman–Crippen MR) is 63.6 cm³/mol. The molecule has 1 aromatic heterocycles. The van der Waals surface area contributed by atoms with E-state index in [0.29, 0.717) is 0 Å². The van der Waals surface area contributed by atoms with Crippen molar-refractivity contribution in [2.75, 3.05) is 20.1 Å². The number of hydrogen-bond donors (Lipinski definition) is 1. The van der Waals surface area contributed by atoms with E-state index in [1.54, 1.807) is 0 Å². The van der Waals surface area contributed by atoms with Gasteiger partial charge in [-0.15, -0.1) is 0 Å². The van der Waals surface area contributed by atoms with E-state index in [1.165, 1.54) is 5.56 Å². The van der Waals surface area contributed by atoms with E-state index >= 15 is 0 Å². The van der Waals surface area contributed by atoms with Gasteiger partial charge in [-0.3, -0.25) is 4.98 Å². The Morgan fingerprint density at radius 2 is 2.13 bits per heavy atom. The lowest BCUT2D eigenvalue weighted by Crippen LogP contribution is -2.17. The van der Waals surface area contributed by atoms with Crippen molar-refractivity contribution in [3.05, 3.63) is 29.6 Å². The highest BCUT2D eigenvalue weighted by atomic mass is 15.1. The fourth-order valence-electron chi connectivity index (χ4n) is 1.31. The highest BCUT2D eigenvalue weighted by Crippen LogP contribution is 2.02. The lowest BCUT2D eigenvalue weighted by Gasteiger charge is -2.13. The molecule has 0 aliphatic heterocycles. The Morgan fingerprint density at radius 3 is 2.67 bits per heavy atom. The molecule has 1 aromatic rings. The van der Waals surface area contributed by atoms with Crippen LogP contribution in [0.1, 0.15) is 25.1 Å². The van der Waals surface area contributed by atoms with E-state index in [2.05, 4.69) is 48.2 Å². The van der Waals surface area contributed by atoms with Gasteiger partial charge in [-0.1, -0.05) is 19.9 Å². The average molecular weight is 207 g/mol. The summed E-state index contributed by atoms with van der Waals surface area (Å²) in [5, 5.41) is 3.29. The van der Waals surface area contributed by atoms with Gasteiger partial charge in [0.25, 0.3) is 0 Å². The summed E-state index contributed by atoms with van der Waals surface area (Å²) in [6.45, 7) is 8.16. The summed E-state index contributed by atoms with van der Waals surface area (Å²) in [7, 11) is 2.11. The van der Waals surface area contributed by atoms with Gasteiger partial charge in [0.2, 0.25) is 0 Å². The van der Waals surface area contributed by atoms with Gasteiger partial charge in [0, 0.05) is 19.3 Å². The minimum Gasteiger partial charge on any atom is -0.313 e. The summed E-state index contributed by atoms with van der Waals surface area (Å²) in [6, 6.07) is 4.26. The summed E-state index contributed by atoms with van der Waals surface area (Å²) in [6.07, 6.45) is 1.96. The second-order valence-electron chi connectivity index (χ2n) is 3.77. The summed E-state index contributed by atoms with van der Waals surface area (Å²) in [5.74, 6) is 0. The zero-order valence-electron chi connectivity index (χ0n) is 9.95. The van der Waals surface area contributed by atoms with Crippen molar-refractivity contribution in [1.82, 2.24) is 15.2 Å². The Balaban J connectivity index is 2.48. The van der Waals surface area contributed by atoms with Gasteiger partial charge >= 0.3 is 0 Å².